The van der Waals surface area contributed by atoms with Crippen molar-refractivity contribution in [3.05, 3.63) is 5.15 Å². The average molecular weight is 248 g/mol. The zero-order valence-corrected chi connectivity index (χ0v) is 9.46. The van der Waals surface area contributed by atoms with Crippen molar-refractivity contribution in [2.45, 2.75) is 12.8 Å². The molecule has 0 aliphatic carbocycles. The van der Waals surface area contributed by atoms with E-state index in [4.69, 9.17) is 16.7 Å². The standard InChI is InChI=1S/C8H10ClN3O2S/c9-6-7(11-15-10-6)12-3-1-5(2-4-12)8(13)14/h5H,1-4H2,(H,13,14). The first kappa shape index (κ1) is 10.6. The molecular formula is C8H10ClN3O2S. The van der Waals surface area contributed by atoms with Gasteiger partial charge >= 0.3 is 5.97 Å². The summed E-state index contributed by atoms with van der Waals surface area (Å²) in [5.74, 6) is -0.255. The number of carboxylic acids is 1. The number of rotatable bonds is 2. The van der Waals surface area contributed by atoms with E-state index in [-0.39, 0.29) is 5.92 Å². The number of halogens is 1. The van der Waals surface area contributed by atoms with Crippen LogP contribution in [0.3, 0.4) is 0 Å². The minimum atomic E-state index is -0.711. The second-order valence-electron chi connectivity index (χ2n) is 3.48. The third-order valence-corrected chi connectivity index (χ3v) is 3.45. The quantitative estimate of drug-likeness (QED) is 0.858. The molecule has 0 amide bonds. The first-order chi connectivity index (χ1) is 7.18. The smallest absolute Gasteiger partial charge is 0.306 e. The highest BCUT2D eigenvalue weighted by molar-refractivity contribution is 6.99. The molecule has 0 saturated carbocycles. The third kappa shape index (κ3) is 2.21. The molecule has 1 N–H and O–H groups in total. The lowest BCUT2D eigenvalue weighted by Gasteiger charge is -2.29. The van der Waals surface area contributed by atoms with E-state index < -0.39 is 5.97 Å². The number of nitrogens with zero attached hydrogens (tertiary/aromatic N) is 3. The van der Waals surface area contributed by atoms with Crippen molar-refractivity contribution in [1.82, 2.24) is 8.75 Å². The van der Waals surface area contributed by atoms with E-state index in [1.807, 2.05) is 4.90 Å². The average Bonchev–Trinajstić information content (AvgIpc) is 2.65. The van der Waals surface area contributed by atoms with Gasteiger partial charge in [0.1, 0.15) is 0 Å². The zero-order valence-electron chi connectivity index (χ0n) is 7.89. The maximum atomic E-state index is 10.7. The van der Waals surface area contributed by atoms with E-state index in [0.29, 0.717) is 36.9 Å². The van der Waals surface area contributed by atoms with E-state index in [0.717, 1.165) is 11.7 Å². The molecule has 0 bridgehead atoms. The van der Waals surface area contributed by atoms with Gasteiger partial charge in [-0.15, -0.1) is 0 Å². The first-order valence-electron chi connectivity index (χ1n) is 4.64. The Morgan fingerprint density at radius 3 is 2.60 bits per heavy atom. The van der Waals surface area contributed by atoms with Crippen molar-refractivity contribution in [2.24, 2.45) is 5.92 Å². The summed E-state index contributed by atoms with van der Waals surface area (Å²) >= 11 is 6.93. The minimum Gasteiger partial charge on any atom is -0.481 e. The first-order valence-corrected chi connectivity index (χ1v) is 5.75. The number of carboxylic acid groups (broad SMARTS) is 1. The van der Waals surface area contributed by atoms with Crippen molar-refractivity contribution in [1.29, 1.82) is 0 Å². The molecular weight excluding hydrogens is 238 g/mol. The van der Waals surface area contributed by atoms with Crippen LogP contribution in [0.1, 0.15) is 12.8 Å². The molecule has 5 nitrogen and oxygen atoms in total. The number of hydrogen-bond donors (Lipinski definition) is 1. The highest BCUT2D eigenvalue weighted by atomic mass is 35.5. The minimum absolute atomic E-state index is 0.230. The number of piperidine rings is 1. The normalized spacial score (nSPS) is 18.1. The molecule has 0 atom stereocenters. The summed E-state index contributed by atoms with van der Waals surface area (Å²) < 4.78 is 7.97. The number of aromatic nitrogens is 2. The summed E-state index contributed by atoms with van der Waals surface area (Å²) in [5, 5.41) is 9.25. The van der Waals surface area contributed by atoms with E-state index in [1.54, 1.807) is 0 Å². The summed E-state index contributed by atoms with van der Waals surface area (Å²) in [4.78, 5) is 12.7. The third-order valence-electron chi connectivity index (χ3n) is 2.58. The summed E-state index contributed by atoms with van der Waals surface area (Å²) in [5.41, 5.74) is 0. The molecule has 7 heteroatoms. The Morgan fingerprint density at radius 1 is 1.47 bits per heavy atom. The number of carbonyl (C=O) groups is 1. The molecule has 2 rings (SSSR count). The van der Waals surface area contributed by atoms with Gasteiger partial charge in [-0.05, 0) is 12.8 Å². The van der Waals surface area contributed by atoms with Gasteiger partial charge in [0, 0.05) is 13.1 Å². The number of anilines is 1. The molecule has 0 radical (unpaired) electrons. The predicted molar refractivity (Wildman–Crippen MR) is 57.5 cm³/mol. The van der Waals surface area contributed by atoms with Gasteiger partial charge in [-0.2, -0.15) is 8.75 Å². The van der Waals surface area contributed by atoms with E-state index in [1.165, 1.54) is 0 Å². The SMILES string of the molecule is O=C(O)C1CCN(c2nsnc2Cl)CC1. The largest absolute Gasteiger partial charge is 0.481 e. The second-order valence-corrected chi connectivity index (χ2v) is 4.36. The van der Waals surface area contributed by atoms with Crippen LogP contribution in [0.2, 0.25) is 5.15 Å². The Balaban J connectivity index is 2.00. The lowest BCUT2D eigenvalue weighted by Crippen LogP contribution is -2.36. The van der Waals surface area contributed by atoms with Gasteiger partial charge in [0.05, 0.1) is 17.6 Å². The molecule has 1 fully saturated rings. The van der Waals surface area contributed by atoms with Crippen LogP contribution >= 0.6 is 23.3 Å². The summed E-state index contributed by atoms with van der Waals surface area (Å²) in [7, 11) is 0. The van der Waals surface area contributed by atoms with Gasteiger partial charge in [0.2, 0.25) is 0 Å². The van der Waals surface area contributed by atoms with Gasteiger partial charge in [-0.25, -0.2) is 0 Å². The van der Waals surface area contributed by atoms with Crippen molar-refractivity contribution in [2.75, 3.05) is 18.0 Å². The van der Waals surface area contributed by atoms with E-state index >= 15 is 0 Å². The summed E-state index contributed by atoms with van der Waals surface area (Å²) in [6.07, 6.45) is 1.28. The van der Waals surface area contributed by atoms with Gasteiger partial charge in [0.25, 0.3) is 0 Å². The molecule has 1 aromatic heterocycles. The van der Waals surface area contributed by atoms with Crippen LogP contribution in [-0.2, 0) is 4.79 Å². The second kappa shape index (κ2) is 4.32. The van der Waals surface area contributed by atoms with Crippen molar-refractivity contribution in [3.63, 3.8) is 0 Å². The lowest BCUT2D eigenvalue weighted by atomic mass is 9.97. The highest BCUT2D eigenvalue weighted by Crippen LogP contribution is 2.27. The van der Waals surface area contributed by atoms with Crippen LogP contribution in [0.15, 0.2) is 0 Å². The number of hydrogen-bond acceptors (Lipinski definition) is 5. The van der Waals surface area contributed by atoms with Gasteiger partial charge in [-0.1, -0.05) is 11.6 Å². The molecule has 2 heterocycles. The van der Waals surface area contributed by atoms with E-state index in [2.05, 4.69) is 8.75 Å². The molecule has 1 saturated heterocycles. The van der Waals surface area contributed by atoms with Crippen molar-refractivity contribution in [3.8, 4) is 0 Å². The molecule has 1 aromatic rings. The van der Waals surface area contributed by atoms with Crippen molar-refractivity contribution >= 4 is 35.1 Å². The Bertz CT molecular complexity index is 363. The molecule has 0 aromatic carbocycles. The van der Waals surface area contributed by atoms with Crippen molar-refractivity contribution < 1.29 is 9.90 Å². The van der Waals surface area contributed by atoms with Crippen LogP contribution in [0.5, 0.6) is 0 Å². The fraction of sp³-hybridized carbons (Fsp3) is 0.625. The summed E-state index contributed by atoms with van der Waals surface area (Å²) in [6.45, 7) is 1.37. The van der Waals surface area contributed by atoms with Crippen LogP contribution in [0.4, 0.5) is 5.82 Å². The number of aliphatic carboxylic acids is 1. The molecule has 15 heavy (non-hydrogen) atoms. The van der Waals surface area contributed by atoms with Crippen LogP contribution in [0.25, 0.3) is 0 Å². The Hall–Kier alpha value is -0.880. The molecule has 1 aliphatic heterocycles. The maximum absolute atomic E-state index is 10.7. The molecule has 1 aliphatic rings. The van der Waals surface area contributed by atoms with Crippen LogP contribution < -0.4 is 4.90 Å². The van der Waals surface area contributed by atoms with Crippen LogP contribution in [-0.4, -0.2) is 32.9 Å². The predicted octanol–water partition coefficient (Wildman–Crippen LogP) is 1.49. The molecule has 0 unspecified atom stereocenters. The zero-order chi connectivity index (χ0) is 10.8. The molecule has 82 valence electrons. The highest BCUT2D eigenvalue weighted by Gasteiger charge is 2.26. The van der Waals surface area contributed by atoms with Gasteiger partial charge in [0.15, 0.2) is 11.0 Å². The maximum Gasteiger partial charge on any atom is 0.306 e. The fourth-order valence-corrected chi connectivity index (χ4v) is 2.48. The lowest BCUT2D eigenvalue weighted by molar-refractivity contribution is -0.142. The fourth-order valence-electron chi connectivity index (χ4n) is 1.70. The monoisotopic (exact) mass is 247 g/mol. The Labute approximate surface area is 96.0 Å². The topological polar surface area (TPSA) is 66.3 Å². The Morgan fingerprint density at radius 2 is 2.13 bits per heavy atom. The Kier molecular flexibility index (Phi) is 3.06. The van der Waals surface area contributed by atoms with Gasteiger partial charge in [-0.3, -0.25) is 4.79 Å². The van der Waals surface area contributed by atoms with Crippen LogP contribution in [0, 0.1) is 5.92 Å². The summed E-state index contributed by atoms with van der Waals surface area (Å²) in [6, 6.07) is 0. The van der Waals surface area contributed by atoms with Gasteiger partial charge < -0.3 is 10.0 Å². The van der Waals surface area contributed by atoms with E-state index in [9.17, 15) is 4.79 Å². The molecule has 0 spiro atoms.